The lowest BCUT2D eigenvalue weighted by Crippen LogP contribution is -2.52. The monoisotopic (exact) mass is 399 g/mol. The fourth-order valence-corrected chi connectivity index (χ4v) is 4.79. The Bertz CT molecular complexity index is 990. The number of hydrogen-bond acceptors (Lipinski definition) is 5. The zero-order valence-electron chi connectivity index (χ0n) is 15.2. The predicted molar refractivity (Wildman–Crippen MR) is 103 cm³/mol. The van der Waals surface area contributed by atoms with Gasteiger partial charge in [-0.25, -0.2) is 13.4 Å². The third-order valence-electron chi connectivity index (χ3n) is 5.23. The second-order valence-electron chi connectivity index (χ2n) is 6.99. The molecular formula is C20H21N3O4S. The summed E-state index contributed by atoms with van der Waals surface area (Å²) in [5.41, 5.74) is 2.96. The van der Waals surface area contributed by atoms with Crippen LogP contribution in [0.1, 0.15) is 11.5 Å². The molecule has 2 aromatic rings. The molecule has 1 aromatic carbocycles. The second-order valence-corrected chi connectivity index (χ2v) is 8.87. The van der Waals surface area contributed by atoms with Crippen molar-refractivity contribution < 1.29 is 18.3 Å². The Kier molecular flexibility index (Phi) is 5.01. The predicted octanol–water partition coefficient (Wildman–Crippen LogP) is 1.00. The molecule has 0 bridgehead atoms. The van der Waals surface area contributed by atoms with Gasteiger partial charge in [-0.2, -0.15) is 4.31 Å². The molecule has 2 saturated heterocycles. The number of amides is 1. The molecule has 2 fully saturated rings. The van der Waals surface area contributed by atoms with Gasteiger partial charge in [0.1, 0.15) is 0 Å². The standard InChI is InChI=1S/C20H21N3O4S/c24-14-18(15-6-2-1-3-7-15)20(25)22-10-16(11-22)17-12-23(13-17)28(26,27)19-8-4-5-9-21-19/h1-9,18,24H,10-14H2. The lowest BCUT2D eigenvalue weighted by molar-refractivity contribution is -0.135. The topological polar surface area (TPSA) is 90.8 Å². The van der Waals surface area contributed by atoms with Crippen LogP contribution >= 0.6 is 0 Å². The lowest BCUT2D eigenvalue weighted by atomic mass is 9.92. The van der Waals surface area contributed by atoms with E-state index in [1.54, 1.807) is 17.0 Å². The van der Waals surface area contributed by atoms with Gasteiger partial charge in [-0.3, -0.25) is 4.79 Å². The Labute approximate surface area is 164 Å². The number of aliphatic hydroxyl groups excluding tert-OH is 1. The van der Waals surface area contributed by atoms with E-state index in [0.29, 0.717) is 26.2 Å². The summed E-state index contributed by atoms with van der Waals surface area (Å²) in [7, 11) is -3.56. The van der Waals surface area contributed by atoms with E-state index in [4.69, 9.17) is 0 Å². The summed E-state index contributed by atoms with van der Waals surface area (Å²) in [6.45, 7) is 1.45. The van der Waals surface area contributed by atoms with E-state index in [-0.39, 0.29) is 17.5 Å². The number of sulfonamides is 1. The maximum Gasteiger partial charge on any atom is 0.261 e. The van der Waals surface area contributed by atoms with Crippen molar-refractivity contribution in [2.75, 3.05) is 32.8 Å². The Balaban J connectivity index is 1.37. The van der Waals surface area contributed by atoms with Crippen LogP contribution in [0, 0.1) is 0 Å². The van der Waals surface area contributed by atoms with Crippen molar-refractivity contribution in [3.63, 3.8) is 0 Å². The molecule has 2 aliphatic heterocycles. The van der Waals surface area contributed by atoms with E-state index < -0.39 is 15.9 Å². The Morgan fingerprint density at radius 1 is 1.00 bits per heavy atom. The quantitative estimate of drug-likeness (QED) is 0.758. The van der Waals surface area contributed by atoms with E-state index in [1.807, 2.05) is 30.3 Å². The molecule has 4 rings (SSSR count). The highest BCUT2D eigenvalue weighted by Gasteiger charge is 2.39. The maximum absolute atomic E-state index is 12.7. The summed E-state index contributed by atoms with van der Waals surface area (Å²) in [5, 5.41) is 9.70. The minimum Gasteiger partial charge on any atom is -0.395 e. The molecule has 2 aliphatic rings. The van der Waals surface area contributed by atoms with Gasteiger partial charge in [-0.05, 0) is 28.8 Å². The van der Waals surface area contributed by atoms with Gasteiger partial charge in [0.05, 0.1) is 12.5 Å². The first-order valence-electron chi connectivity index (χ1n) is 9.06. The average Bonchev–Trinajstić information content (AvgIpc) is 2.64. The van der Waals surface area contributed by atoms with Crippen LogP contribution in [0.5, 0.6) is 0 Å². The number of aromatic nitrogens is 1. The normalized spacial score (nSPS) is 18.4. The zero-order chi connectivity index (χ0) is 19.7. The van der Waals surface area contributed by atoms with Crippen molar-refractivity contribution in [2.45, 2.75) is 10.9 Å². The fraction of sp³-hybridized carbons (Fsp3) is 0.300. The highest BCUT2D eigenvalue weighted by molar-refractivity contribution is 7.89. The number of carbonyl (C=O) groups is 1. The minimum absolute atomic E-state index is 0.0538. The molecule has 7 nitrogen and oxygen atoms in total. The van der Waals surface area contributed by atoms with E-state index >= 15 is 0 Å². The van der Waals surface area contributed by atoms with Gasteiger partial charge in [0.15, 0.2) is 5.03 Å². The highest BCUT2D eigenvalue weighted by atomic mass is 32.2. The molecule has 0 spiro atoms. The zero-order valence-corrected chi connectivity index (χ0v) is 16.0. The van der Waals surface area contributed by atoms with Gasteiger partial charge in [-0.15, -0.1) is 0 Å². The van der Waals surface area contributed by atoms with Crippen LogP contribution in [0.15, 0.2) is 70.9 Å². The van der Waals surface area contributed by atoms with Crippen LogP contribution in [-0.2, 0) is 14.8 Å². The van der Waals surface area contributed by atoms with Crippen LogP contribution < -0.4 is 0 Å². The molecular weight excluding hydrogens is 378 g/mol. The average molecular weight is 399 g/mol. The third-order valence-corrected chi connectivity index (χ3v) is 6.94. The minimum atomic E-state index is -3.56. The first-order chi connectivity index (χ1) is 13.5. The van der Waals surface area contributed by atoms with Crippen molar-refractivity contribution in [2.24, 2.45) is 0 Å². The van der Waals surface area contributed by atoms with Crippen LogP contribution in [0.25, 0.3) is 0 Å². The number of rotatable bonds is 5. The second kappa shape index (κ2) is 7.46. The van der Waals surface area contributed by atoms with Gasteiger partial charge < -0.3 is 10.0 Å². The summed E-state index contributed by atoms with van der Waals surface area (Å²) in [6, 6.07) is 14.1. The molecule has 3 heterocycles. The largest absolute Gasteiger partial charge is 0.395 e. The molecule has 0 aliphatic carbocycles. The number of nitrogens with zero attached hydrogens (tertiary/aromatic N) is 3. The molecule has 1 amide bonds. The summed E-state index contributed by atoms with van der Waals surface area (Å²) in [6.07, 6.45) is 1.46. The number of carbonyl (C=O) groups excluding carboxylic acids is 1. The first-order valence-corrected chi connectivity index (χ1v) is 10.5. The maximum atomic E-state index is 12.7. The van der Waals surface area contributed by atoms with Gasteiger partial charge >= 0.3 is 0 Å². The van der Waals surface area contributed by atoms with E-state index in [2.05, 4.69) is 4.98 Å². The summed E-state index contributed by atoms with van der Waals surface area (Å²) >= 11 is 0. The van der Waals surface area contributed by atoms with Gasteiger partial charge in [0.2, 0.25) is 5.91 Å². The molecule has 1 N–H and O–H groups in total. The van der Waals surface area contributed by atoms with Crippen molar-refractivity contribution in [1.29, 1.82) is 0 Å². The molecule has 146 valence electrons. The molecule has 1 aromatic heterocycles. The van der Waals surface area contributed by atoms with Crippen molar-refractivity contribution >= 4 is 15.9 Å². The van der Waals surface area contributed by atoms with Crippen molar-refractivity contribution in [3.05, 3.63) is 71.4 Å². The first kappa shape index (κ1) is 18.8. The number of pyridine rings is 1. The van der Waals surface area contributed by atoms with Gasteiger partial charge in [-0.1, -0.05) is 36.4 Å². The van der Waals surface area contributed by atoms with Crippen LogP contribution in [0.4, 0.5) is 0 Å². The molecule has 8 heteroatoms. The number of hydrogen-bond donors (Lipinski definition) is 1. The fourth-order valence-electron chi connectivity index (χ4n) is 3.43. The van der Waals surface area contributed by atoms with Crippen LogP contribution in [0.3, 0.4) is 0 Å². The molecule has 0 radical (unpaired) electrons. The van der Waals surface area contributed by atoms with E-state index in [9.17, 15) is 18.3 Å². The molecule has 1 unspecified atom stereocenters. The Morgan fingerprint density at radius 2 is 1.64 bits per heavy atom. The van der Waals surface area contributed by atoms with Gasteiger partial charge in [0, 0.05) is 32.4 Å². The summed E-state index contributed by atoms with van der Waals surface area (Å²) < 4.78 is 26.4. The van der Waals surface area contributed by atoms with Crippen molar-refractivity contribution in [3.8, 4) is 0 Å². The van der Waals surface area contributed by atoms with Crippen LogP contribution in [0.2, 0.25) is 0 Å². The molecule has 1 atom stereocenters. The summed E-state index contributed by atoms with van der Waals surface area (Å²) in [5.74, 6) is -0.662. The van der Waals surface area contributed by atoms with E-state index in [1.165, 1.54) is 16.6 Å². The molecule has 0 saturated carbocycles. The number of benzene rings is 1. The van der Waals surface area contributed by atoms with Crippen molar-refractivity contribution in [1.82, 2.24) is 14.2 Å². The highest BCUT2D eigenvalue weighted by Crippen LogP contribution is 2.31. The van der Waals surface area contributed by atoms with E-state index in [0.717, 1.165) is 16.7 Å². The molecule has 28 heavy (non-hydrogen) atoms. The smallest absolute Gasteiger partial charge is 0.261 e. The Hall–Kier alpha value is -2.55. The van der Waals surface area contributed by atoms with Gasteiger partial charge in [0.25, 0.3) is 10.0 Å². The third kappa shape index (κ3) is 3.34. The number of aliphatic hydroxyl groups is 1. The number of likely N-dealkylation sites (tertiary alicyclic amines) is 1. The lowest BCUT2D eigenvalue weighted by Gasteiger charge is -2.42. The summed E-state index contributed by atoms with van der Waals surface area (Å²) in [4.78, 5) is 18.3. The Morgan fingerprint density at radius 3 is 2.25 bits per heavy atom. The SMILES string of the molecule is O=C(C(CO)c1ccccc1)N1CC(=C2CN(S(=O)(=O)c3ccccn3)C2)C1. The van der Waals surface area contributed by atoms with Crippen LogP contribution in [-0.4, -0.2) is 66.4 Å².